The van der Waals surface area contributed by atoms with Gasteiger partial charge in [-0.05, 0) is 19.9 Å². The highest BCUT2D eigenvalue weighted by Gasteiger charge is 2.14. The van der Waals surface area contributed by atoms with Crippen LogP contribution in [0.4, 0.5) is 0 Å². The average molecular weight is 243 g/mol. The van der Waals surface area contributed by atoms with E-state index in [1.54, 1.807) is 12.4 Å². The fraction of sp³-hybridized carbons (Fsp3) is 0.286. The van der Waals surface area contributed by atoms with Crippen molar-refractivity contribution >= 4 is 0 Å². The van der Waals surface area contributed by atoms with Gasteiger partial charge in [0.2, 0.25) is 0 Å². The van der Waals surface area contributed by atoms with E-state index in [1.165, 1.54) is 6.33 Å². The molecule has 4 heteroatoms. The Kier molecular flexibility index (Phi) is 3.89. The number of nitrogens with zero attached hydrogens (tertiary/aromatic N) is 2. The van der Waals surface area contributed by atoms with Gasteiger partial charge in [-0.2, -0.15) is 0 Å². The zero-order chi connectivity index (χ0) is 13.0. The van der Waals surface area contributed by atoms with Crippen LogP contribution in [0.3, 0.4) is 0 Å². The molecule has 1 atom stereocenters. The molecule has 0 spiro atoms. The summed E-state index contributed by atoms with van der Waals surface area (Å²) < 4.78 is 5.77. The van der Waals surface area contributed by atoms with Gasteiger partial charge >= 0.3 is 0 Å². The van der Waals surface area contributed by atoms with Crippen LogP contribution < -0.4 is 10.5 Å². The Morgan fingerprint density at radius 1 is 1.11 bits per heavy atom. The van der Waals surface area contributed by atoms with Gasteiger partial charge in [-0.15, -0.1) is 0 Å². The molecule has 1 aromatic carbocycles. The highest BCUT2D eigenvalue weighted by atomic mass is 16.5. The van der Waals surface area contributed by atoms with Crippen LogP contribution in [0.1, 0.15) is 31.0 Å². The highest BCUT2D eigenvalue weighted by Crippen LogP contribution is 2.28. The fourth-order valence-electron chi connectivity index (χ4n) is 1.75. The van der Waals surface area contributed by atoms with Gasteiger partial charge in [0.1, 0.15) is 12.1 Å². The maximum Gasteiger partial charge on any atom is 0.124 e. The van der Waals surface area contributed by atoms with Crippen LogP contribution in [-0.4, -0.2) is 16.1 Å². The van der Waals surface area contributed by atoms with Crippen molar-refractivity contribution in [2.24, 2.45) is 5.73 Å². The molecule has 0 saturated carbocycles. The SMILES string of the molecule is CC(C)Oc1ccccc1C(N)c1cncnc1. The molecule has 1 aromatic heterocycles. The molecule has 0 aliphatic carbocycles. The zero-order valence-electron chi connectivity index (χ0n) is 10.6. The molecule has 0 aliphatic rings. The molecule has 94 valence electrons. The molecule has 0 bridgehead atoms. The van der Waals surface area contributed by atoms with Gasteiger partial charge in [-0.3, -0.25) is 0 Å². The van der Waals surface area contributed by atoms with E-state index in [9.17, 15) is 0 Å². The van der Waals surface area contributed by atoms with Gasteiger partial charge in [0.15, 0.2) is 0 Å². The predicted octanol–water partition coefficient (Wildman–Crippen LogP) is 2.31. The van der Waals surface area contributed by atoms with Crippen molar-refractivity contribution in [2.75, 3.05) is 0 Å². The lowest BCUT2D eigenvalue weighted by atomic mass is 10.0. The number of nitrogens with two attached hydrogens (primary N) is 1. The predicted molar refractivity (Wildman–Crippen MR) is 70.3 cm³/mol. The van der Waals surface area contributed by atoms with Crippen LogP contribution in [0, 0.1) is 0 Å². The molecule has 0 amide bonds. The lowest BCUT2D eigenvalue weighted by Gasteiger charge is -2.18. The average Bonchev–Trinajstić information content (AvgIpc) is 2.39. The Balaban J connectivity index is 2.33. The normalized spacial score (nSPS) is 12.4. The first kappa shape index (κ1) is 12.5. The van der Waals surface area contributed by atoms with E-state index in [4.69, 9.17) is 10.5 Å². The molecular weight excluding hydrogens is 226 g/mol. The van der Waals surface area contributed by atoms with E-state index in [1.807, 2.05) is 38.1 Å². The van der Waals surface area contributed by atoms with Crippen molar-refractivity contribution in [3.63, 3.8) is 0 Å². The Morgan fingerprint density at radius 2 is 1.78 bits per heavy atom. The second kappa shape index (κ2) is 5.60. The third kappa shape index (κ3) is 2.84. The first-order valence-corrected chi connectivity index (χ1v) is 5.94. The van der Waals surface area contributed by atoms with Crippen molar-refractivity contribution in [1.29, 1.82) is 0 Å². The van der Waals surface area contributed by atoms with Crippen molar-refractivity contribution in [3.05, 3.63) is 54.1 Å². The van der Waals surface area contributed by atoms with Crippen molar-refractivity contribution in [3.8, 4) is 5.75 Å². The highest BCUT2D eigenvalue weighted by molar-refractivity contribution is 5.40. The molecule has 1 unspecified atom stereocenters. The Labute approximate surface area is 107 Å². The van der Waals surface area contributed by atoms with Crippen LogP contribution in [0.15, 0.2) is 43.0 Å². The molecule has 1 heterocycles. The summed E-state index contributed by atoms with van der Waals surface area (Å²) in [5, 5.41) is 0. The molecule has 2 rings (SSSR count). The zero-order valence-corrected chi connectivity index (χ0v) is 10.6. The summed E-state index contributed by atoms with van der Waals surface area (Å²) in [6.07, 6.45) is 5.06. The molecular formula is C14H17N3O. The van der Waals surface area contributed by atoms with Crippen molar-refractivity contribution < 1.29 is 4.74 Å². The topological polar surface area (TPSA) is 61.0 Å². The number of hydrogen-bond donors (Lipinski definition) is 1. The number of para-hydroxylation sites is 1. The molecule has 2 aromatic rings. The lowest BCUT2D eigenvalue weighted by molar-refractivity contribution is 0.239. The van der Waals surface area contributed by atoms with Crippen LogP contribution >= 0.6 is 0 Å². The van der Waals surface area contributed by atoms with Gasteiger partial charge in [0, 0.05) is 23.5 Å². The summed E-state index contributed by atoms with van der Waals surface area (Å²) in [7, 11) is 0. The fourth-order valence-corrected chi connectivity index (χ4v) is 1.75. The molecule has 4 nitrogen and oxygen atoms in total. The van der Waals surface area contributed by atoms with Gasteiger partial charge in [-0.1, -0.05) is 18.2 Å². The minimum atomic E-state index is -0.277. The smallest absolute Gasteiger partial charge is 0.124 e. The molecule has 0 aliphatic heterocycles. The summed E-state index contributed by atoms with van der Waals surface area (Å²) in [5.74, 6) is 0.809. The number of ether oxygens (including phenoxy) is 1. The maximum absolute atomic E-state index is 6.23. The second-order valence-corrected chi connectivity index (χ2v) is 4.35. The quantitative estimate of drug-likeness (QED) is 0.895. The van der Waals surface area contributed by atoms with E-state index in [0.717, 1.165) is 16.9 Å². The van der Waals surface area contributed by atoms with Crippen LogP contribution in [0.25, 0.3) is 0 Å². The lowest BCUT2D eigenvalue weighted by Crippen LogP contribution is -2.15. The third-order valence-corrected chi connectivity index (χ3v) is 2.56. The summed E-state index contributed by atoms with van der Waals surface area (Å²) in [4.78, 5) is 7.98. The van der Waals surface area contributed by atoms with E-state index in [-0.39, 0.29) is 12.1 Å². The van der Waals surface area contributed by atoms with E-state index >= 15 is 0 Å². The van der Waals surface area contributed by atoms with E-state index < -0.39 is 0 Å². The summed E-state index contributed by atoms with van der Waals surface area (Å²) >= 11 is 0. The molecule has 0 fully saturated rings. The number of hydrogen-bond acceptors (Lipinski definition) is 4. The van der Waals surface area contributed by atoms with Gasteiger partial charge in [0.25, 0.3) is 0 Å². The Bertz CT molecular complexity index is 499. The minimum absolute atomic E-state index is 0.116. The largest absolute Gasteiger partial charge is 0.491 e. The standard InChI is InChI=1S/C14H17N3O/c1-10(2)18-13-6-4-3-5-12(13)14(15)11-7-16-9-17-8-11/h3-10,14H,15H2,1-2H3. The van der Waals surface area contributed by atoms with Crippen molar-refractivity contribution in [2.45, 2.75) is 26.0 Å². The molecule has 2 N–H and O–H groups in total. The van der Waals surface area contributed by atoms with Gasteiger partial charge < -0.3 is 10.5 Å². The maximum atomic E-state index is 6.23. The van der Waals surface area contributed by atoms with Crippen LogP contribution in [0.2, 0.25) is 0 Å². The Morgan fingerprint density at radius 3 is 2.44 bits per heavy atom. The van der Waals surface area contributed by atoms with E-state index in [0.29, 0.717) is 0 Å². The molecule has 18 heavy (non-hydrogen) atoms. The number of rotatable bonds is 4. The van der Waals surface area contributed by atoms with Gasteiger partial charge in [-0.25, -0.2) is 9.97 Å². The Hall–Kier alpha value is -1.94. The van der Waals surface area contributed by atoms with Crippen molar-refractivity contribution in [1.82, 2.24) is 9.97 Å². The monoisotopic (exact) mass is 243 g/mol. The summed E-state index contributed by atoms with van der Waals surface area (Å²) in [5.41, 5.74) is 8.05. The second-order valence-electron chi connectivity index (χ2n) is 4.35. The number of aromatic nitrogens is 2. The minimum Gasteiger partial charge on any atom is -0.491 e. The molecule has 0 radical (unpaired) electrons. The van der Waals surface area contributed by atoms with Gasteiger partial charge in [0.05, 0.1) is 12.1 Å². The van der Waals surface area contributed by atoms with E-state index in [2.05, 4.69) is 9.97 Å². The third-order valence-electron chi connectivity index (χ3n) is 2.56. The number of benzene rings is 1. The van der Waals surface area contributed by atoms with Crippen LogP contribution in [0.5, 0.6) is 5.75 Å². The summed E-state index contributed by atoms with van der Waals surface area (Å²) in [6, 6.07) is 7.51. The first-order chi connectivity index (χ1) is 8.68. The molecule has 0 saturated heterocycles. The van der Waals surface area contributed by atoms with Crippen LogP contribution in [-0.2, 0) is 0 Å². The summed E-state index contributed by atoms with van der Waals surface area (Å²) in [6.45, 7) is 3.99. The first-order valence-electron chi connectivity index (χ1n) is 5.94.